The molecule has 0 N–H and O–H groups in total. The lowest BCUT2D eigenvalue weighted by Gasteiger charge is -2.00. The molecule has 0 spiro atoms. The third-order valence-electron chi connectivity index (χ3n) is 2.33. The molecule has 0 aromatic heterocycles. The Balaban J connectivity index is 2.47. The smallest absolute Gasteiger partial charge is 0.330 e. The first kappa shape index (κ1) is 12.5. The molecule has 0 aliphatic carbocycles. The molecule has 0 saturated heterocycles. The van der Waals surface area contributed by atoms with Crippen LogP contribution in [0, 0.1) is 6.92 Å². The normalized spacial score (nSPS) is 10.6. The molecule has 0 radical (unpaired) electrons. The van der Waals surface area contributed by atoms with Crippen LogP contribution in [-0.4, -0.2) is 12.6 Å². The molecule has 0 fully saturated rings. The molecule has 0 bridgehead atoms. The minimum Gasteiger partial charge on any atom is -0.463 e. The van der Waals surface area contributed by atoms with Crippen molar-refractivity contribution in [3.8, 4) is 0 Å². The maximum absolute atomic E-state index is 11.3. The summed E-state index contributed by atoms with van der Waals surface area (Å²) < 4.78 is 5.02. The molecular formula is C14H18O2. The number of carbonyl (C=O) groups is 1. The van der Waals surface area contributed by atoms with Crippen molar-refractivity contribution < 1.29 is 9.53 Å². The van der Waals surface area contributed by atoms with Crippen LogP contribution < -0.4 is 0 Å². The van der Waals surface area contributed by atoms with Crippen molar-refractivity contribution in [2.24, 2.45) is 0 Å². The molecule has 2 nitrogen and oxygen atoms in total. The van der Waals surface area contributed by atoms with E-state index >= 15 is 0 Å². The fourth-order valence-electron chi connectivity index (χ4n) is 1.30. The van der Waals surface area contributed by atoms with Gasteiger partial charge in [0.15, 0.2) is 0 Å². The summed E-state index contributed by atoms with van der Waals surface area (Å²) in [6.45, 7) is 4.59. The number of carbonyl (C=O) groups excluding carboxylic acids is 1. The average Bonchev–Trinajstić information content (AvgIpc) is 2.28. The largest absolute Gasteiger partial charge is 0.463 e. The highest BCUT2D eigenvalue weighted by molar-refractivity contribution is 5.87. The fraction of sp³-hybridized carbons (Fsp3) is 0.357. The maximum atomic E-state index is 11.3. The number of hydrogen-bond acceptors (Lipinski definition) is 2. The predicted octanol–water partition coefficient (Wildman–Crippen LogP) is 3.35. The van der Waals surface area contributed by atoms with E-state index < -0.39 is 0 Å². The standard InChI is InChI=1S/C14H18O2/c1-3-4-11-16-14(15)10-9-13-8-6-5-7-12(13)2/h5-10H,3-4,11H2,1-2H3/b10-9+. The molecule has 2 heteroatoms. The van der Waals surface area contributed by atoms with Crippen molar-refractivity contribution in [2.45, 2.75) is 26.7 Å². The molecule has 0 saturated carbocycles. The number of ether oxygens (including phenoxy) is 1. The van der Waals surface area contributed by atoms with E-state index in [4.69, 9.17) is 4.74 Å². The predicted molar refractivity (Wildman–Crippen MR) is 66.1 cm³/mol. The zero-order valence-corrected chi connectivity index (χ0v) is 9.90. The Kier molecular flexibility index (Phi) is 5.34. The van der Waals surface area contributed by atoms with Crippen LogP contribution in [0.5, 0.6) is 0 Å². The molecule has 0 aliphatic rings. The van der Waals surface area contributed by atoms with Gasteiger partial charge in [0.2, 0.25) is 0 Å². The van der Waals surface area contributed by atoms with Crippen molar-refractivity contribution in [3.63, 3.8) is 0 Å². The van der Waals surface area contributed by atoms with Gasteiger partial charge in [-0.3, -0.25) is 0 Å². The summed E-state index contributed by atoms with van der Waals surface area (Å²) in [4.78, 5) is 11.3. The maximum Gasteiger partial charge on any atom is 0.330 e. The zero-order valence-electron chi connectivity index (χ0n) is 9.90. The zero-order chi connectivity index (χ0) is 11.8. The number of unbranched alkanes of at least 4 members (excludes halogenated alkanes) is 1. The van der Waals surface area contributed by atoms with Crippen LogP contribution >= 0.6 is 0 Å². The summed E-state index contributed by atoms with van der Waals surface area (Å²) in [6, 6.07) is 7.93. The SMILES string of the molecule is CCCCOC(=O)/C=C/c1ccccc1C. The molecule has 0 unspecified atom stereocenters. The molecule has 1 aromatic rings. The van der Waals surface area contributed by atoms with Crippen LogP contribution in [0.15, 0.2) is 30.3 Å². The topological polar surface area (TPSA) is 26.3 Å². The highest BCUT2D eigenvalue weighted by Crippen LogP contribution is 2.08. The second-order valence-electron chi connectivity index (χ2n) is 3.71. The van der Waals surface area contributed by atoms with E-state index in [-0.39, 0.29) is 5.97 Å². The molecule has 0 atom stereocenters. The van der Waals surface area contributed by atoms with Gasteiger partial charge in [0.05, 0.1) is 6.61 Å². The third kappa shape index (κ3) is 4.30. The van der Waals surface area contributed by atoms with Crippen molar-refractivity contribution in [2.75, 3.05) is 6.61 Å². The van der Waals surface area contributed by atoms with Gasteiger partial charge in [0, 0.05) is 6.08 Å². The van der Waals surface area contributed by atoms with Crippen molar-refractivity contribution in [1.82, 2.24) is 0 Å². The summed E-state index contributed by atoms with van der Waals surface area (Å²) in [5, 5.41) is 0. The van der Waals surface area contributed by atoms with Crippen molar-refractivity contribution >= 4 is 12.0 Å². The number of hydrogen-bond donors (Lipinski definition) is 0. The van der Waals surface area contributed by atoms with Gasteiger partial charge in [-0.05, 0) is 30.5 Å². The molecular weight excluding hydrogens is 200 g/mol. The second-order valence-corrected chi connectivity index (χ2v) is 3.71. The van der Waals surface area contributed by atoms with E-state index in [1.807, 2.05) is 31.2 Å². The lowest BCUT2D eigenvalue weighted by Crippen LogP contribution is -2.01. The van der Waals surface area contributed by atoms with Crippen LogP contribution in [-0.2, 0) is 9.53 Å². The molecule has 0 heterocycles. The minimum absolute atomic E-state index is 0.267. The first-order valence-electron chi connectivity index (χ1n) is 5.64. The van der Waals surface area contributed by atoms with Crippen LogP contribution in [0.25, 0.3) is 6.08 Å². The Labute approximate surface area is 96.9 Å². The summed E-state index contributed by atoms with van der Waals surface area (Å²) in [6.07, 6.45) is 5.24. The monoisotopic (exact) mass is 218 g/mol. The molecule has 1 aromatic carbocycles. The Hall–Kier alpha value is -1.57. The van der Waals surface area contributed by atoms with Gasteiger partial charge in [-0.25, -0.2) is 4.79 Å². The average molecular weight is 218 g/mol. The number of rotatable bonds is 5. The van der Waals surface area contributed by atoms with Gasteiger partial charge >= 0.3 is 5.97 Å². The highest BCUT2D eigenvalue weighted by atomic mass is 16.5. The van der Waals surface area contributed by atoms with Gasteiger partial charge in [0.1, 0.15) is 0 Å². The molecule has 0 aliphatic heterocycles. The summed E-state index contributed by atoms with van der Waals surface area (Å²) in [5.41, 5.74) is 2.20. The number of aryl methyl sites for hydroxylation is 1. The Bertz CT molecular complexity index is 367. The lowest BCUT2D eigenvalue weighted by atomic mass is 10.1. The summed E-state index contributed by atoms with van der Waals surface area (Å²) >= 11 is 0. The van der Waals surface area contributed by atoms with E-state index in [1.165, 1.54) is 6.08 Å². The van der Waals surface area contributed by atoms with Crippen molar-refractivity contribution in [1.29, 1.82) is 0 Å². The van der Waals surface area contributed by atoms with Crippen LogP contribution in [0.1, 0.15) is 30.9 Å². The first-order chi connectivity index (χ1) is 7.74. The van der Waals surface area contributed by atoms with E-state index in [0.29, 0.717) is 6.61 Å². The minimum atomic E-state index is -0.267. The van der Waals surface area contributed by atoms with Crippen molar-refractivity contribution in [3.05, 3.63) is 41.5 Å². The third-order valence-corrected chi connectivity index (χ3v) is 2.33. The Morgan fingerprint density at radius 2 is 2.12 bits per heavy atom. The van der Waals surface area contributed by atoms with Crippen LogP contribution in [0.4, 0.5) is 0 Å². The van der Waals surface area contributed by atoms with E-state index in [9.17, 15) is 4.79 Å². The first-order valence-corrected chi connectivity index (χ1v) is 5.64. The molecule has 0 amide bonds. The van der Waals surface area contributed by atoms with Gasteiger partial charge in [-0.1, -0.05) is 37.6 Å². The number of esters is 1. The number of benzene rings is 1. The summed E-state index contributed by atoms with van der Waals surface area (Å²) in [7, 11) is 0. The summed E-state index contributed by atoms with van der Waals surface area (Å²) in [5.74, 6) is -0.267. The lowest BCUT2D eigenvalue weighted by molar-refractivity contribution is -0.137. The Morgan fingerprint density at radius 3 is 2.81 bits per heavy atom. The van der Waals surface area contributed by atoms with Gasteiger partial charge in [0.25, 0.3) is 0 Å². The highest BCUT2D eigenvalue weighted by Gasteiger charge is 1.97. The van der Waals surface area contributed by atoms with E-state index in [0.717, 1.165) is 24.0 Å². The fourth-order valence-corrected chi connectivity index (χ4v) is 1.30. The van der Waals surface area contributed by atoms with Gasteiger partial charge < -0.3 is 4.74 Å². The quantitative estimate of drug-likeness (QED) is 0.430. The Morgan fingerprint density at radius 1 is 1.38 bits per heavy atom. The molecule has 16 heavy (non-hydrogen) atoms. The van der Waals surface area contributed by atoms with Crippen LogP contribution in [0.2, 0.25) is 0 Å². The molecule has 1 rings (SSSR count). The van der Waals surface area contributed by atoms with Gasteiger partial charge in [-0.2, -0.15) is 0 Å². The van der Waals surface area contributed by atoms with Crippen LogP contribution in [0.3, 0.4) is 0 Å². The van der Waals surface area contributed by atoms with Gasteiger partial charge in [-0.15, -0.1) is 0 Å². The second kappa shape index (κ2) is 6.83. The van der Waals surface area contributed by atoms with E-state index in [2.05, 4.69) is 6.92 Å². The molecule has 86 valence electrons. The van der Waals surface area contributed by atoms with E-state index in [1.54, 1.807) is 6.08 Å².